The van der Waals surface area contributed by atoms with Crippen LogP contribution in [0.4, 0.5) is 0 Å². The molecule has 0 spiro atoms. The number of hydrogen-bond acceptors (Lipinski definition) is 4. The smallest absolute Gasteiger partial charge is 0.377 e. The summed E-state index contributed by atoms with van der Waals surface area (Å²) in [7, 11) is 2.36. The first-order valence-corrected chi connectivity index (χ1v) is 6.66. The monoisotopic (exact) mass is 218 g/mol. The van der Waals surface area contributed by atoms with Crippen molar-refractivity contribution >= 4 is 14.6 Å². The number of Topliss-reactive ketones (excluding diaryl/α,β-unsaturated/α-hetero) is 1. The molecule has 0 aliphatic heterocycles. The number of carbonyl (C=O) groups excluding carboxylic acids is 1. The van der Waals surface area contributed by atoms with Crippen LogP contribution in [0, 0.1) is 0 Å². The molecule has 0 bridgehead atoms. The molecule has 0 amide bonds. The van der Waals surface area contributed by atoms with E-state index in [1.807, 2.05) is 0 Å². The van der Waals surface area contributed by atoms with E-state index in [-0.39, 0.29) is 5.54 Å². The molecule has 0 unspecified atom stereocenters. The molecule has 14 heavy (non-hydrogen) atoms. The average Bonchev–Trinajstić information content (AvgIpc) is 2.24. The number of rotatable bonds is 4. The topological polar surface area (TPSA) is 44.8 Å². The van der Waals surface area contributed by atoms with E-state index in [0.29, 0.717) is 18.6 Å². The third-order valence-corrected chi connectivity index (χ3v) is 6.18. The van der Waals surface area contributed by atoms with E-state index in [0.717, 1.165) is 12.8 Å². The summed E-state index contributed by atoms with van der Waals surface area (Å²) >= 11 is 0. The Morgan fingerprint density at radius 1 is 1.07 bits per heavy atom. The molecule has 4 nitrogen and oxygen atoms in total. The van der Waals surface area contributed by atoms with E-state index >= 15 is 0 Å². The molecule has 0 aromatic rings. The largest absolute Gasteiger partial charge is 0.503 e. The third-order valence-electron chi connectivity index (χ3n) is 2.90. The Kier molecular flexibility index (Phi) is 4.24. The Morgan fingerprint density at radius 2 is 1.50 bits per heavy atom. The summed E-state index contributed by atoms with van der Waals surface area (Å²) in [5, 5.41) is 0. The average molecular weight is 218 g/mol. The van der Waals surface area contributed by atoms with Crippen LogP contribution in [0.3, 0.4) is 0 Å². The molecule has 0 atom stereocenters. The minimum Gasteiger partial charge on any atom is -0.377 e. The molecule has 1 aliphatic carbocycles. The molecular formula is C9H18O4Si. The molecule has 1 fully saturated rings. The van der Waals surface area contributed by atoms with Crippen LogP contribution in [0.2, 0.25) is 5.54 Å². The first kappa shape index (κ1) is 11.8. The minimum absolute atomic E-state index is 0.278. The fraction of sp³-hybridized carbons (Fsp3) is 0.889. The van der Waals surface area contributed by atoms with Gasteiger partial charge < -0.3 is 13.3 Å². The van der Waals surface area contributed by atoms with Gasteiger partial charge in [-0.25, -0.2) is 0 Å². The second-order valence-corrected chi connectivity index (χ2v) is 6.78. The van der Waals surface area contributed by atoms with Crippen molar-refractivity contribution in [3.8, 4) is 0 Å². The van der Waals surface area contributed by atoms with Crippen LogP contribution < -0.4 is 0 Å². The quantitative estimate of drug-likeness (QED) is 0.669. The van der Waals surface area contributed by atoms with Gasteiger partial charge in [0.25, 0.3) is 0 Å². The predicted molar refractivity (Wildman–Crippen MR) is 54.0 cm³/mol. The molecule has 1 aliphatic rings. The van der Waals surface area contributed by atoms with Gasteiger partial charge in [-0.3, -0.25) is 4.79 Å². The van der Waals surface area contributed by atoms with Crippen molar-refractivity contribution < 1.29 is 18.1 Å². The zero-order chi connectivity index (χ0) is 10.6. The van der Waals surface area contributed by atoms with Crippen LogP contribution in [0.15, 0.2) is 0 Å². The third kappa shape index (κ3) is 2.22. The van der Waals surface area contributed by atoms with Crippen LogP contribution in [0.1, 0.15) is 25.7 Å². The zero-order valence-electron chi connectivity index (χ0n) is 9.04. The summed E-state index contributed by atoms with van der Waals surface area (Å²) < 4.78 is 16.2. The van der Waals surface area contributed by atoms with E-state index in [2.05, 4.69) is 0 Å². The van der Waals surface area contributed by atoms with Crippen molar-refractivity contribution in [3.63, 3.8) is 0 Å². The standard InChI is InChI=1S/C9H18O4Si/c1-11-14(12-2,13-3)9-6-4-8(10)5-7-9/h9H,4-7H2,1-3H3. The van der Waals surface area contributed by atoms with Crippen molar-refractivity contribution in [3.05, 3.63) is 0 Å². The Bertz CT molecular complexity index is 185. The first-order valence-electron chi connectivity index (χ1n) is 4.85. The highest BCUT2D eigenvalue weighted by Gasteiger charge is 2.48. The fourth-order valence-electron chi connectivity index (χ4n) is 2.04. The van der Waals surface area contributed by atoms with Crippen molar-refractivity contribution in [2.45, 2.75) is 31.2 Å². The summed E-state index contributed by atoms with van der Waals surface area (Å²) in [4.78, 5) is 11.1. The Balaban J connectivity index is 2.64. The Hall–Kier alpha value is -0.233. The van der Waals surface area contributed by atoms with Gasteiger partial charge in [0.15, 0.2) is 0 Å². The fourth-order valence-corrected chi connectivity index (χ4v) is 4.54. The number of carbonyl (C=O) groups is 1. The maximum Gasteiger partial charge on any atom is 0.503 e. The molecule has 0 N–H and O–H groups in total. The second kappa shape index (κ2) is 5.02. The van der Waals surface area contributed by atoms with Gasteiger partial charge >= 0.3 is 8.80 Å². The van der Waals surface area contributed by atoms with Crippen molar-refractivity contribution in [2.24, 2.45) is 0 Å². The molecule has 0 heterocycles. The van der Waals surface area contributed by atoms with Crippen LogP contribution in [-0.2, 0) is 18.1 Å². The van der Waals surface area contributed by atoms with E-state index in [9.17, 15) is 4.79 Å². The van der Waals surface area contributed by atoms with Gasteiger partial charge in [-0.1, -0.05) is 0 Å². The minimum atomic E-state index is -2.50. The summed E-state index contributed by atoms with van der Waals surface area (Å²) in [5.41, 5.74) is 0.278. The van der Waals surface area contributed by atoms with Gasteiger partial charge in [0, 0.05) is 39.7 Å². The van der Waals surface area contributed by atoms with Gasteiger partial charge in [0.05, 0.1) is 0 Å². The summed E-state index contributed by atoms with van der Waals surface area (Å²) in [6.45, 7) is 0. The molecule has 1 rings (SSSR count). The zero-order valence-corrected chi connectivity index (χ0v) is 10.0. The van der Waals surface area contributed by atoms with Gasteiger partial charge in [-0.2, -0.15) is 0 Å². The Morgan fingerprint density at radius 3 is 1.86 bits per heavy atom. The molecule has 0 saturated heterocycles. The van der Waals surface area contributed by atoms with E-state index in [4.69, 9.17) is 13.3 Å². The molecule has 0 radical (unpaired) electrons. The summed E-state index contributed by atoms with van der Waals surface area (Å²) in [5.74, 6) is 0.340. The lowest BCUT2D eigenvalue weighted by atomic mass is 9.99. The van der Waals surface area contributed by atoms with Gasteiger partial charge in [-0.15, -0.1) is 0 Å². The van der Waals surface area contributed by atoms with Gasteiger partial charge in [-0.05, 0) is 12.8 Å². The summed E-state index contributed by atoms with van der Waals surface area (Å²) in [6, 6.07) is 0. The summed E-state index contributed by atoms with van der Waals surface area (Å²) in [6.07, 6.45) is 2.94. The van der Waals surface area contributed by atoms with Crippen molar-refractivity contribution in [1.82, 2.24) is 0 Å². The lowest BCUT2D eigenvalue weighted by Crippen LogP contribution is -2.48. The molecule has 0 aromatic carbocycles. The van der Waals surface area contributed by atoms with E-state index in [1.54, 1.807) is 21.3 Å². The van der Waals surface area contributed by atoms with E-state index < -0.39 is 8.80 Å². The van der Waals surface area contributed by atoms with Crippen molar-refractivity contribution in [2.75, 3.05) is 21.3 Å². The second-order valence-electron chi connectivity index (χ2n) is 3.53. The predicted octanol–water partition coefficient (Wildman–Crippen LogP) is 1.38. The maximum atomic E-state index is 11.1. The highest BCUT2D eigenvalue weighted by Crippen LogP contribution is 2.36. The normalized spacial score (nSPS) is 20.1. The molecule has 82 valence electrons. The number of hydrogen-bond donors (Lipinski definition) is 0. The van der Waals surface area contributed by atoms with Crippen LogP contribution in [-0.4, -0.2) is 35.9 Å². The Labute approximate surface area is 85.9 Å². The van der Waals surface area contributed by atoms with Crippen molar-refractivity contribution in [1.29, 1.82) is 0 Å². The van der Waals surface area contributed by atoms with Gasteiger partial charge in [0.1, 0.15) is 5.78 Å². The molecule has 0 aromatic heterocycles. The molecular weight excluding hydrogens is 200 g/mol. The lowest BCUT2D eigenvalue weighted by Gasteiger charge is -2.34. The maximum absolute atomic E-state index is 11.1. The molecule has 1 saturated carbocycles. The highest BCUT2D eigenvalue weighted by atomic mass is 28.4. The lowest BCUT2D eigenvalue weighted by molar-refractivity contribution is -0.120. The SMILES string of the molecule is CO[Si](OC)(OC)C1CCC(=O)CC1. The molecule has 5 heteroatoms. The van der Waals surface area contributed by atoms with Gasteiger partial charge in [0.2, 0.25) is 0 Å². The van der Waals surface area contributed by atoms with E-state index in [1.165, 1.54) is 0 Å². The number of ketones is 1. The first-order chi connectivity index (χ1) is 6.68. The van der Waals surface area contributed by atoms with Crippen LogP contribution in [0.5, 0.6) is 0 Å². The highest BCUT2D eigenvalue weighted by molar-refractivity contribution is 6.62. The van der Waals surface area contributed by atoms with Crippen LogP contribution >= 0.6 is 0 Å². The van der Waals surface area contributed by atoms with Crippen LogP contribution in [0.25, 0.3) is 0 Å².